The van der Waals surface area contributed by atoms with Gasteiger partial charge in [0, 0.05) is 25.9 Å². The number of nitrogens with zero attached hydrogens (tertiary/aromatic N) is 1. The Balaban J connectivity index is 1.53. The summed E-state index contributed by atoms with van der Waals surface area (Å²) >= 11 is 0. The zero-order chi connectivity index (χ0) is 17.4. The molecule has 1 amide bonds. The van der Waals surface area contributed by atoms with Gasteiger partial charge in [-0.3, -0.25) is 4.79 Å². The van der Waals surface area contributed by atoms with Gasteiger partial charge >= 0.3 is 6.09 Å². The Hall–Kier alpha value is -2.04. The van der Waals surface area contributed by atoms with E-state index >= 15 is 0 Å². The minimum absolute atomic E-state index is 0.180. The highest BCUT2D eigenvalue weighted by Crippen LogP contribution is 2.41. The third kappa shape index (κ3) is 3.00. The summed E-state index contributed by atoms with van der Waals surface area (Å²) in [5.41, 5.74) is 2.93. The second kappa shape index (κ2) is 6.36. The molecule has 4 rings (SSSR count). The Morgan fingerprint density at radius 3 is 2.56 bits per heavy atom. The molecule has 25 heavy (non-hydrogen) atoms. The van der Waals surface area contributed by atoms with Crippen molar-refractivity contribution in [2.45, 2.75) is 57.5 Å². The van der Waals surface area contributed by atoms with Gasteiger partial charge in [-0.2, -0.15) is 0 Å². The van der Waals surface area contributed by atoms with Gasteiger partial charge in [-0.15, -0.1) is 0 Å². The average Bonchev–Trinajstić information content (AvgIpc) is 2.61. The summed E-state index contributed by atoms with van der Waals surface area (Å²) in [6, 6.07) is 4.16. The van der Waals surface area contributed by atoms with Crippen molar-refractivity contribution in [3.8, 4) is 5.75 Å². The molecule has 1 aromatic carbocycles. The van der Waals surface area contributed by atoms with Crippen molar-refractivity contribution in [2.24, 2.45) is 0 Å². The number of hydrogen-bond acceptors (Lipinski definition) is 4. The van der Waals surface area contributed by atoms with Crippen LogP contribution in [0.2, 0.25) is 0 Å². The normalized spacial score (nSPS) is 21.3. The monoisotopic (exact) mass is 343 g/mol. The fourth-order valence-electron chi connectivity index (χ4n) is 4.31. The number of amides is 1. The number of ether oxygens (including phenoxy) is 2. The minimum Gasteiger partial charge on any atom is -0.486 e. The molecule has 2 aliphatic heterocycles. The summed E-state index contributed by atoms with van der Waals surface area (Å²) in [5, 5.41) is 0. The van der Waals surface area contributed by atoms with Crippen LogP contribution in [0.5, 0.6) is 5.75 Å². The molecule has 134 valence electrons. The molecular formula is C20H25NO4. The molecule has 0 saturated carbocycles. The molecule has 1 spiro atoms. The van der Waals surface area contributed by atoms with E-state index in [1.54, 1.807) is 4.90 Å². The molecular weight excluding hydrogens is 318 g/mol. The Bertz CT molecular complexity index is 704. The van der Waals surface area contributed by atoms with Crippen LogP contribution in [-0.4, -0.2) is 42.1 Å². The molecule has 1 aliphatic carbocycles. The number of benzene rings is 1. The zero-order valence-electron chi connectivity index (χ0n) is 14.8. The van der Waals surface area contributed by atoms with Crippen LogP contribution in [0, 0.1) is 0 Å². The molecule has 1 saturated heterocycles. The number of carbonyl (C=O) groups is 2. The van der Waals surface area contributed by atoms with Crippen LogP contribution in [-0.2, 0) is 17.6 Å². The van der Waals surface area contributed by atoms with Gasteiger partial charge in [-0.25, -0.2) is 4.79 Å². The van der Waals surface area contributed by atoms with Crippen molar-refractivity contribution in [2.75, 3.05) is 19.7 Å². The largest absolute Gasteiger partial charge is 0.486 e. The predicted octanol–water partition coefficient (Wildman–Crippen LogP) is 3.52. The summed E-state index contributed by atoms with van der Waals surface area (Å²) in [7, 11) is 0. The molecule has 5 heteroatoms. The molecule has 0 N–H and O–H groups in total. The number of rotatable bonds is 1. The third-order valence-corrected chi connectivity index (χ3v) is 5.75. The van der Waals surface area contributed by atoms with Crippen molar-refractivity contribution >= 4 is 11.9 Å². The van der Waals surface area contributed by atoms with E-state index in [2.05, 4.69) is 12.1 Å². The van der Waals surface area contributed by atoms with Gasteiger partial charge < -0.3 is 14.4 Å². The number of carbonyl (C=O) groups excluding carboxylic acids is 2. The first-order valence-corrected chi connectivity index (χ1v) is 9.40. The SMILES string of the molecule is CCOC(=O)N1CCC2(CC1)CC(=O)c1cc3c(cc1O2)CCCC3. The zero-order valence-corrected chi connectivity index (χ0v) is 14.8. The van der Waals surface area contributed by atoms with Crippen LogP contribution >= 0.6 is 0 Å². The van der Waals surface area contributed by atoms with Crippen LogP contribution in [0.15, 0.2) is 12.1 Å². The fourth-order valence-corrected chi connectivity index (χ4v) is 4.31. The van der Waals surface area contributed by atoms with Gasteiger partial charge in [0.05, 0.1) is 18.6 Å². The van der Waals surface area contributed by atoms with Gasteiger partial charge in [-0.1, -0.05) is 0 Å². The number of ketones is 1. The van der Waals surface area contributed by atoms with Crippen LogP contribution in [0.25, 0.3) is 0 Å². The number of piperidine rings is 1. The van der Waals surface area contributed by atoms with Gasteiger partial charge in [-0.05, 0) is 55.9 Å². The number of hydrogen-bond donors (Lipinski definition) is 0. The molecule has 0 aromatic heterocycles. The van der Waals surface area contributed by atoms with Crippen molar-refractivity contribution in [1.29, 1.82) is 0 Å². The van der Waals surface area contributed by atoms with E-state index in [0.717, 1.165) is 24.2 Å². The minimum atomic E-state index is -0.462. The predicted molar refractivity (Wildman–Crippen MR) is 93.2 cm³/mol. The Morgan fingerprint density at radius 1 is 1.20 bits per heavy atom. The summed E-state index contributed by atoms with van der Waals surface area (Å²) in [5.74, 6) is 0.931. The maximum absolute atomic E-state index is 12.8. The molecule has 0 unspecified atom stereocenters. The third-order valence-electron chi connectivity index (χ3n) is 5.75. The molecule has 2 heterocycles. The second-order valence-corrected chi connectivity index (χ2v) is 7.40. The molecule has 1 fully saturated rings. The van der Waals surface area contributed by atoms with E-state index in [0.29, 0.717) is 39.0 Å². The van der Waals surface area contributed by atoms with Crippen LogP contribution in [0.1, 0.15) is 60.5 Å². The molecule has 0 atom stereocenters. The number of Topliss-reactive ketones (excluding diaryl/α,β-unsaturated/α-hetero) is 1. The Kier molecular flexibility index (Phi) is 4.18. The lowest BCUT2D eigenvalue weighted by Gasteiger charge is -2.43. The van der Waals surface area contributed by atoms with Gasteiger partial charge in [0.15, 0.2) is 5.78 Å². The quantitative estimate of drug-likeness (QED) is 0.783. The van der Waals surface area contributed by atoms with Gasteiger partial charge in [0.1, 0.15) is 11.4 Å². The average molecular weight is 343 g/mol. The standard InChI is InChI=1S/C20H25NO4/c1-2-24-19(23)21-9-7-20(8-10-21)13-17(22)16-11-14-5-3-4-6-15(14)12-18(16)25-20/h11-12H,2-10,13H2,1H3. The highest BCUT2D eigenvalue weighted by Gasteiger charge is 2.44. The van der Waals surface area contributed by atoms with E-state index < -0.39 is 5.60 Å². The van der Waals surface area contributed by atoms with Crippen molar-refractivity contribution in [3.05, 3.63) is 28.8 Å². The van der Waals surface area contributed by atoms with Crippen LogP contribution in [0.3, 0.4) is 0 Å². The highest BCUT2D eigenvalue weighted by atomic mass is 16.6. The number of aryl methyl sites for hydroxylation is 2. The number of fused-ring (bicyclic) bond motifs is 2. The smallest absolute Gasteiger partial charge is 0.409 e. The van der Waals surface area contributed by atoms with E-state index in [1.165, 1.54) is 24.0 Å². The fraction of sp³-hybridized carbons (Fsp3) is 0.600. The lowest BCUT2D eigenvalue weighted by atomic mass is 9.80. The van der Waals surface area contributed by atoms with E-state index in [1.807, 2.05) is 6.92 Å². The van der Waals surface area contributed by atoms with Crippen molar-refractivity contribution in [3.63, 3.8) is 0 Å². The maximum Gasteiger partial charge on any atom is 0.409 e. The summed E-state index contributed by atoms with van der Waals surface area (Å²) in [4.78, 5) is 26.4. The van der Waals surface area contributed by atoms with Crippen molar-refractivity contribution < 1.29 is 19.1 Å². The summed E-state index contributed by atoms with van der Waals surface area (Å²) in [6.45, 7) is 3.34. The van der Waals surface area contributed by atoms with E-state index in [-0.39, 0.29) is 11.9 Å². The first-order chi connectivity index (χ1) is 12.1. The Morgan fingerprint density at radius 2 is 1.88 bits per heavy atom. The number of likely N-dealkylation sites (tertiary alicyclic amines) is 1. The summed E-state index contributed by atoms with van der Waals surface area (Å²) < 4.78 is 11.5. The first-order valence-electron chi connectivity index (χ1n) is 9.40. The molecule has 5 nitrogen and oxygen atoms in total. The second-order valence-electron chi connectivity index (χ2n) is 7.40. The molecule has 0 radical (unpaired) electrons. The molecule has 1 aromatic rings. The molecule has 3 aliphatic rings. The highest BCUT2D eigenvalue weighted by molar-refractivity contribution is 6.00. The first kappa shape index (κ1) is 16.4. The van der Waals surface area contributed by atoms with Crippen molar-refractivity contribution in [1.82, 2.24) is 4.90 Å². The van der Waals surface area contributed by atoms with Crippen LogP contribution in [0.4, 0.5) is 4.79 Å². The molecule has 0 bridgehead atoms. The van der Waals surface area contributed by atoms with Gasteiger partial charge in [0.25, 0.3) is 0 Å². The Labute approximate surface area is 148 Å². The summed E-state index contributed by atoms with van der Waals surface area (Å²) in [6.07, 6.45) is 6.04. The lowest BCUT2D eigenvalue weighted by molar-refractivity contribution is -0.00867. The topological polar surface area (TPSA) is 55.8 Å². The van der Waals surface area contributed by atoms with E-state index in [4.69, 9.17) is 9.47 Å². The lowest BCUT2D eigenvalue weighted by Crippen LogP contribution is -2.52. The van der Waals surface area contributed by atoms with Crippen LogP contribution < -0.4 is 4.74 Å². The van der Waals surface area contributed by atoms with E-state index in [9.17, 15) is 9.59 Å². The maximum atomic E-state index is 12.8. The van der Waals surface area contributed by atoms with Gasteiger partial charge in [0.2, 0.25) is 0 Å².